The van der Waals surface area contributed by atoms with Crippen LogP contribution >= 0.6 is 0 Å². The van der Waals surface area contributed by atoms with Crippen molar-refractivity contribution >= 4 is 293 Å². The van der Waals surface area contributed by atoms with Crippen LogP contribution in [0.5, 0.6) is 11.5 Å². The number of anilines is 6. The van der Waals surface area contributed by atoms with Crippen LogP contribution in [0, 0.1) is 18.6 Å². The van der Waals surface area contributed by atoms with Crippen molar-refractivity contribution in [2.75, 3.05) is 9.80 Å². The number of phenolic OH excluding ortho intramolecular Hbond substituents is 2. The van der Waals surface area contributed by atoms with E-state index in [4.69, 9.17) is 0 Å². The average Bonchev–Trinajstić information content (AvgIpc) is 0.783. The fraction of sp³-hybridized carbons (Fsp3) is 0.0154. The van der Waals surface area contributed by atoms with E-state index in [1.807, 2.05) is 43.5 Å². The van der Waals surface area contributed by atoms with Crippen molar-refractivity contribution in [1.82, 2.24) is 0 Å². The van der Waals surface area contributed by atoms with Crippen molar-refractivity contribution in [1.29, 1.82) is 0 Å². The van der Waals surface area contributed by atoms with E-state index in [-0.39, 0.29) is 23.1 Å². The molecular formula is C65H61B17F2N2O2. The smallest absolute Gasteiger partial charge is 0.145 e. The molecule has 0 saturated carbocycles. The molecule has 88 heavy (non-hydrogen) atoms. The Morgan fingerprint density at radius 2 is 0.602 bits per heavy atom. The minimum atomic E-state index is -0.356. The predicted molar refractivity (Wildman–Crippen MR) is 428 cm³/mol. The molecule has 408 valence electrons. The fourth-order valence-electron chi connectivity index (χ4n) is 14.7. The molecule has 0 heterocycles. The van der Waals surface area contributed by atoms with E-state index in [0.717, 1.165) is 143 Å². The Labute approximate surface area is 531 Å². The number of hydrogen-bond donors (Lipinski definition) is 2. The molecule has 0 unspecified atom stereocenters. The van der Waals surface area contributed by atoms with Gasteiger partial charge in [0.1, 0.15) is 157 Å². The monoisotopic (exact) mass is 1130 g/mol. The van der Waals surface area contributed by atoms with Gasteiger partial charge in [0, 0.05) is 33.5 Å². The molecule has 0 fully saturated rings. The van der Waals surface area contributed by atoms with Crippen molar-refractivity contribution in [2.45, 2.75) is 6.92 Å². The molecule has 0 aliphatic rings. The largest absolute Gasteiger partial charge is 0.509 e. The third kappa shape index (κ3) is 9.51. The SMILES string of the molecule is Bc1c(B)c(B)c(-c2cc(-c3c(B)c(B)c(B)c(O)c3B)cc(N(c3cccc(F)c3)c3ccc4ccc5c(N(c6cccc(F)c6)c6cc(-c7c(B)c(B)c(B)c(B)c7B)cc(-c7c(B)c(O)c(B)c(B)c7C)c6)ccc6ccc3c4c65)c2)c(B)c1B. The van der Waals surface area contributed by atoms with Crippen molar-refractivity contribution in [3.05, 3.63) is 151 Å². The van der Waals surface area contributed by atoms with Crippen LogP contribution in [-0.2, 0) is 0 Å². The molecule has 0 spiro atoms. The molecule has 23 heteroatoms. The summed E-state index contributed by atoms with van der Waals surface area (Å²) in [5.74, 6) is -0.147. The topological polar surface area (TPSA) is 46.9 Å². The van der Waals surface area contributed by atoms with Crippen LogP contribution in [0.1, 0.15) is 5.56 Å². The van der Waals surface area contributed by atoms with Gasteiger partial charge >= 0.3 is 0 Å². The molecule has 0 bridgehead atoms. The first-order valence-electron chi connectivity index (χ1n) is 30.7. The number of rotatable bonds is 10. The van der Waals surface area contributed by atoms with E-state index in [2.05, 4.69) is 204 Å². The summed E-state index contributed by atoms with van der Waals surface area (Å²) >= 11 is 0. The van der Waals surface area contributed by atoms with E-state index in [0.29, 0.717) is 11.4 Å². The lowest BCUT2D eigenvalue weighted by Crippen LogP contribution is -2.55. The predicted octanol–water partition coefficient (Wildman–Crippen LogP) is -11.4. The molecule has 0 radical (unpaired) electrons. The van der Waals surface area contributed by atoms with Crippen LogP contribution in [0.4, 0.5) is 42.9 Å². The van der Waals surface area contributed by atoms with E-state index >= 15 is 8.78 Å². The van der Waals surface area contributed by atoms with Gasteiger partial charge in [-0.05, 0) is 169 Å². The second-order valence-corrected chi connectivity index (χ2v) is 25.2. The maximum Gasteiger partial charge on any atom is 0.145 e. The summed E-state index contributed by atoms with van der Waals surface area (Å²) in [5, 5.41) is 29.6. The Morgan fingerprint density at radius 3 is 0.977 bits per heavy atom. The molecule has 12 rings (SSSR count). The molecule has 12 aromatic rings. The molecule has 12 aromatic carbocycles. The maximum atomic E-state index is 16.1. The number of aromatic hydroxyl groups is 2. The van der Waals surface area contributed by atoms with Crippen LogP contribution < -0.4 is 103 Å². The highest BCUT2D eigenvalue weighted by atomic mass is 19.1. The second kappa shape index (κ2) is 22.5. The highest BCUT2D eigenvalue weighted by Gasteiger charge is 2.28. The molecular weight excluding hydrogens is 1060 g/mol. The number of nitrogens with zero attached hydrogens (tertiary/aromatic N) is 2. The van der Waals surface area contributed by atoms with Gasteiger partial charge in [-0.3, -0.25) is 0 Å². The molecule has 2 N–H and O–H groups in total. The van der Waals surface area contributed by atoms with Gasteiger partial charge in [-0.2, -0.15) is 0 Å². The Hall–Kier alpha value is -8.16. The third-order valence-electron chi connectivity index (χ3n) is 20.9. The lowest BCUT2D eigenvalue weighted by Gasteiger charge is -2.31. The number of hydrogen-bond acceptors (Lipinski definition) is 4. The molecule has 0 amide bonds. The molecule has 0 aliphatic carbocycles. The van der Waals surface area contributed by atoms with Crippen molar-refractivity contribution in [3.63, 3.8) is 0 Å². The standard InChI is InChI=1S/C65H61B17F2N2O2/c1-24-41(53(72)64(87)62(81)47(24)66)27-16-28(44-48(67)55(74)60(79)56(75)49(44)68)19-35(18-27)85(33-6-2-4-31(83)22-33)39-14-10-25-9-13-38-40(15-11-26-8-12-37(39)42(25)43(26)38)86(34-7-3-5-32(84)23-34)36-20-29(45-50(69)57(76)61(80)58(77)51(45)70)17-30(21-36)46-52(71)59(78)63(82)65(88)54(46)73/h2-23,87-88H,66-82H2,1H3. The summed E-state index contributed by atoms with van der Waals surface area (Å²) < 4.78 is 32.2. The van der Waals surface area contributed by atoms with Crippen molar-refractivity contribution in [2.24, 2.45) is 0 Å². The summed E-state index contributed by atoms with van der Waals surface area (Å²) in [5.41, 5.74) is 32.8. The first-order chi connectivity index (χ1) is 41.8. The Balaban J connectivity index is 1.16. The first-order valence-corrected chi connectivity index (χ1v) is 30.7. The summed E-state index contributed by atoms with van der Waals surface area (Å²) in [6.45, 7) is 2.14. The van der Waals surface area contributed by atoms with Crippen LogP contribution in [0.25, 0.3) is 76.8 Å². The minimum Gasteiger partial charge on any atom is -0.509 e. The Morgan fingerprint density at radius 1 is 0.295 bits per heavy atom. The zero-order valence-electron chi connectivity index (χ0n) is 54.2. The quantitative estimate of drug-likeness (QED) is 0.106. The Bertz CT molecular complexity index is 4410. The second-order valence-electron chi connectivity index (χ2n) is 25.2. The van der Waals surface area contributed by atoms with Crippen LogP contribution in [-0.4, -0.2) is 144 Å². The van der Waals surface area contributed by atoms with Gasteiger partial charge in [0.25, 0.3) is 0 Å². The van der Waals surface area contributed by atoms with Gasteiger partial charge < -0.3 is 20.0 Å². The summed E-state index contributed by atoms with van der Waals surface area (Å²) in [7, 11) is 36.3. The van der Waals surface area contributed by atoms with Crippen LogP contribution in [0.3, 0.4) is 0 Å². The highest BCUT2D eigenvalue weighted by Crippen LogP contribution is 2.49. The molecule has 0 aromatic heterocycles. The molecule has 0 saturated heterocycles. The normalized spacial score (nSPS) is 11.5. The minimum absolute atomic E-state index is 0.283. The number of benzene rings is 12. The van der Waals surface area contributed by atoms with E-state index < -0.39 is 0 Å². The van der Waals surface area contributed by atoms with Crippen molar-refractivity contribution in [3.8, 4) is 56.0 Å². The van der Waals surface area contributed by atoms with Gasteiger partial charge in [0.15, 0.2) is 0 Å². The Kier molecular flexibility index (Phi) is 15.4. The number of halogens is 2. The van der Waals surface area contributed by atoms with Gasteiger partial charge in [-0.1, -0.05) is 103 Å². The van der Waals surface area contributed by atoms with Gasteiger partial charge in [0.2, 0.25) is 0 Å². The fourth-order valence-corrected chi connectivity index (χ4v) is 14.7. The third-order valence-corrected chi connectivity index (χ3v) is 20.9. The first kappa shape index (κ1) is 60.1. The van der Waals surface area contributed by atoms with E-state index in [1.54, 1.807) is 24.3 Å². The van der Waals surface area contributed by atoms with E-state index in [1.165, 1.54) is 66.8 Å². The summed E-state index contributed by atoms with van der Waals surface area (Å²) in [6.07, 6.45) is 0. The van der Waals surface area contributed by atoms with Gasteiger partial charge in [-0.15, -0.1) is 32.8 Å². The van der Waals surface area contributed by atoms with Crippen LogP contribution in [0.15, 0.2) is 133 Å². The van der Waals surface area contributed by atoms with Gasteiger partial charge in [-0.25, -0.2) is 8.78 Å². The average molecular weight is 1120 g/mol. The maximum absolute atomic E-state index is 16.1. The lowest BCUT2D eigenvalue weighted by atomic mass is 9.59. The summed E-state index contributed by atoms with van der Waals surface area (Å²) in [4.78, 5) is 4.40. The highest BCUT2D eigenvalue weighted by molar-refractivity contribution is 6.70. The van der Waals surface area contributed by atoms with Crippen LogP contribution in [0.2, 0.25) is 0 Å². The van der Waals surface area contributed by atoms with Crippen molar-refractivity contribution < 1.29 is 19.0 Å². The molecule has 0 aliphatic heterocycles. The summed E-state index contributed by atoms with van der Waals surface area (Å²) in [6, 6.07) is 44.6. The lowest BCUT2D eigenvalue weighted by molar-refractivity contribution is 0.484. The molecule has 0 atom stereocenters. The zero-order valence-corrected chi connectivity index (χ0v) is 54.2. The zero-order chi connectivity index (χ0) is 63.0. The van der Waals surface area contributed by atoms with E-state index in [9.17, 15) is 10.2 Å². The van der Waals surface area contributed by atoms with Gasteiger partial charge in [0.05, 0.1) is 11.4 Å². The number of phenols is 2. The molecule has 4 nitrogen and oxygen atoms in total.